The fraction of sp³-hybridized carbons (Fsp3) is 0.167. The van der Waals surface area contributed by atoms with Crippen LogP contribution in [0.3, 0.4) is 0 Å². The zero-order valence-electron chi connectivity index (χ0n) is 13.1. The molecule has 0 saturated carbocycles. The van der Waals surface area contributed by atoms with Gasteiger partial charge in [0.15, 0.2) is 16.6 Å². The van der Waals surface area contributed by atoms with Gasteiger partial charge in [-0.1, -0.05) is 18.2 Å². The van der Waals surface area contributed by atoms with Crippen molar-refractivity contribution in [2.24, 2.45) is 0 Å². The molecule has 124 valence electrons. The minimum absolute atomic E-state index is 0.0700. The number of phenols is 3. The van der Waals surface area contributed by atoms with Crippen LogP contribution in [-0.2, 0) is 6.42 Å². The lowest BCUT2D eigenvalue weighted by molar-refractivity contribution is 0.403. The monoisotopic (exact) mass is 342 g/mol. The summed E-state index contributed by atoms with van der Waals surface area (Å²) in [5.41, 5.74) is 2.80. The van der Waals surface area contributed by atoms with Gasteiger partial charge in [-0.05, 0) is 41.8 Å². The van der Waals surface area contributed by atoms with Crippen molar-refractivity contribution in [1.82, 2.24) is 4.98 Å². The van der Waals surface area contributed by atoms with Gasteiger partial charge in [-0.2, -0.15) is 0 Å². The Bertz CT molecular complexity index is 831. The first-order valence-corrected chi connectivity index (χ1v) is 8.37. The first-order chi connectivity index (χ1) is 11.6. The Labute approximate surface area is 143 Å². The maximum atomic E-state index is 9.84. The van der Waals surface area contributed by atoms with Gasteiger partial charge in [0, 0.05) is 18.3 Å². The molecule has 5 nitrogen and oxygen atoms in total. The molecule has 6 heteroatoms. The summed E-state index contributed by atoms with van der Waals surface area (Å²) >= 11 is 1.52. The number of hydrogen-bond donors (Lipinski definition) is 4. The third-order valence-corrected chi connectivity index (χ3v) is 4.75. The summed E-state index contributed by atoms with van der Waals surface area (Å²) in [6, 6.07) is 11.9. The van der Waals surface area contributed by atoms with Crippen LogP contribution in [0.4, 0.5) is 5.13 Å². The van der Waals surface area contributed by atoms with Crippen molar-refractivity contribution in [1.29, 1.82) is 0 Å². The number of hydrogen-bond acceptors (Lipinski definition) is 6. The molecule has 1 unspecified atom stereocenters. The quantitative estimate of drug-likeness (QED) is 0.532. The summed E-state index contributed by atoms with van der Waals surface area (Å²) in [7, 11) is 1.82. The highest BCUT2D eigenvalue weighted by molar-refractivity contribution is 7.13. The van der Waals surface area contributed by atoms with Crippen LogP contribution in [-0.4, -0.2) is 27.4 Å². The molecular weight excluding hydrogens is 324 g/mol. The Morgan fingerprint density at radius 2 is 1.79 bits per heavy atom. The van der Waals surface area contributed by atoms with Crippen LogP contribution in [0.1, 0.15) is 22.7 Å². The summed E-state index contributed by atoms with van der Waals surface area (Å²) in [6.45, 7) is 0. The van der Waals surface area contributed by atoms with E-state index >= 15 is 0 Å². The lowest BCUT2D eigenvalue weighted by Gasteiger charge is -2.16. The zero-order valence-corrected chi connectivity index (χ0v) is 13.9. The lowest BCUT2D eigenvalue weighted by Crippen LogP contribution is -2.06. The Balaban J connectivity index is 1.99. The van der Waals surface area contributed by atoms with E-state index in [-0.39, 0.29) is 23.2 Å². The number of thiazole rings is 1. The molecule has 0 bridgehead atoms. The van der Waals surface area contributed by atoms with Gasteiger partial charge in [0.2, 0.25) is 0 Å². The molecule has 4 N–H and O–H groups in total. The topological polar surface area (TPSA) is 85.6 Å². The molecule has 24 heavy (non-hydrogen) atoms. The molecular formula is C18H18N2O3S. The van der Waals surface area contributed by atoms with Gasteiger partial charge in [0.05, 0.1) is 5.69 Å². The average Bonchev–Trinajstić information content (AvgIpc) is 3.06. The average molecular weight is 342 g/mol. The van der Waals surface area contributed by atoms with Gasteiger partial charge in [-0.3, -0.25) is 0 Å². The van der Waals surface area contributed by atoms with Crippen LogP contribution in [0, 0.1) is 0 Å². The first-order valence-electron chi connectivity index (χ1n) is 7.50. The van der Waals surface area contributed by atoms with E-state index in [4.69, 9.17) is 0 Å². The Morgan fingerprint density at radius 1 is 1.04 bits per heavy atom. The van der Waals surface area contributed by atoms with E-state index in [1.807, 2.05) is 24.6 Å². The van der Waals surface area contributed by atoms with Gasteiger partial charge in [0.25, 0.3) is 0 Å². The molecule has 3 aromatic rings. The number of aromatic hydroxyl groups is 3. The van der Waals surface area contributed by atoms with Crippen molar-refractivity contribution >= 4 is 16.5 Å². The van der Waals surface area contributed by atoms with Crippen molar-refractivity contribution < 1.29 is 15.3 Å². The minimum atomic E-state index is -0.146. The predicted octanol–water partition coefficient (Wildman–Crippen LogP) is 3.68. The fourth-order valence-corrected chi connectivity index (χ4v) is 3.30. The Morgan fingerprint density at radius 3 is 2.42 bits per heavy atom. The van der Waals surface area contributed by atoms with Crippen LogP contribution in [0.5, 0.6) is 17.2 Å². The summed E-state index contributed by atoms with van der Waals surface area (Å²) in [5.74, 6) is -0.133. The van der Waals surface area contributed by atoms with Crippen molar-refractivity contribution in [3.05, 3.63) is 64.7 Å². The summed E-state index contributed by atoms with van der Waals surface area (Å²) in [4.78, 5) is 4.59. The van der Waals surface area contributed by atoms with Gasteiger partial charge in [-0.25, -0.2) is 4.98 Å². The Kier molecular flexibility index (Phi) is 4.57. The third-order valence-electron chi connectivity index (χ3n) is 3.87. The molecule has 1 aromatic heterocycles. The number of nitrogens with zero attached hydrogens (tertiary/aromatic N) is 1. The molecule has 0 aliphatic rings. The van der Waals surface area contributed by atoms with Gasteiger partial charge >= 0.3 is 0 Å². The molecule has 0 radical (unpaired) electrons. The van der Waals surface area contributed by atoms with E-state index in [0.29, 0.717) is 6.42 Å². The van der Waals surface area contributed by atoms with Gasteiger partial charge in [0.1, 0.15) is 5.75 Å². The minimum Gasteiger partial charge on any atom is -0.508 e. The molecule has 2 aromatic carbocycles. The summed E-state index contributed by atoms with van der Waals surface area (Å²) in [5, 5.41) is 34.7. The third kappa shape index (κ3) is 3.44. The molecule has 1 heterocycles. The smallest absolute Gasteiger partial charge is 0.182 e. The van der Waals surface area contributed by atoms with Crippen molar-refractivity contribution in [3.8, 4) is 17.2 Å². The van der Waals surface area contributed by atoms with Crippen LogP contribution >= 0.6 is 11.3 Å². The largest absolute Gasteiger partial charge is 0.508 e. The van der Waals surface area contributed by atoms with Crippen molar-refractivity contribution in [2.45, 2.75) is 12.3 Å². The summed E-state index contributed by atoms with van der Waals surface area (Å²) < 4.78 is 0. The molecule has 0 aliphatic heterocycles. The number of anilines is 1. The van der Waals surface area contributed by atoms with Gasteiger partial charge < -0.3 is 20.6 Å². The number of nitrogens with one attached hydrogen (secondary N) is 1. The maximum absolute atomic E-state index is 9.84. The number of rotatable bonds is 5. The van der Waals surface area contributed by atoms with E-state index in [1.165, 1.54) is 17.4 Å². The van der Waals surface area contributed by atoms with Crippen LogP contribution in [0.25, 0.3) is 0 Å². The first kappa shape index (κ1) is 16.1. The summed E-state index contributed by atoms with van der Waals surface area (Å²) in [6.07, 6.45) is 0.664. The molecule has 3 rings (SSSR count). The molecule has 0 aliphatic carbocycles. The second-order valence-electron chi connectivity index (χ2n) is 5.50. The lowest BCUT2D eigenvalue weighted by atomic mass is 9.89. The van der Waals surface area contributed by atoms with Gasteiger partial charge in [-0.15, -0.1) is 11.3 Å². The number of aromatic nitrogens is 1. The van der Waals surface area contributed by atoms with E-state index < -0.39 is 0 Å². The highest BCUT2D eigenvalue weighted by Gasteiger charge is 2.19. The van der Waals surface area contributed by atoms with E-state index in [0.717, 1.165) is 22.0 Å². The SMILES string of the molecule is CNc1nc(C(Cc2ccc(O)cc2)c2ccc(O)c(O)c2)cs1. The van der Waals surface area contributed by atoms with Crippen molar-refractivity contribution in [3.63, 3.8) is 0 Å². The predicted molar refractivity (Wildman–Crippen MR) is 95.1 cm³/mol. The fourth-order valence-electron chi connectivity index (χ4n) is 2.58. The van der Waals surface area contributed by atoms with E-state index in [1.54, 1.807) is 24.3 Å². The normalized spacial score (nSPS) is 12.0. The van der Waals surface area contributed by atoms with Crippen LogP contribution in [0.15, 0.2) is 47.8 Å². The highest BCUT2D eigenvalue weighted by Crippen LogP contribution is 2.35. The second kappa shape index (κ2) is 6.80. The Hall–Kier alpha value is -2.73. The standard InChI is InChI=1S/C18H18N2O3S/c1-19-18-20-15(10-24-18)14(8-11-2-5-13(21)6-3-11)12-4-7-16(22)17(23)9-12/h2-7,9-10,14,21-23H,8H2,1H3,(H,19,20). The molecule has 1 atom stereocenters. The van der Waals surface area contributed by atoms with Crippen LogP contribution < -0.4 is 5.32 Å². The second-order valence-corrected chi connectivity index (χ2v) is 6.36. The number of phenolic OH excluding ortho intramolecular Hbond substituents is 3. The van der Waals surface area contributed by atoms with E-state index in [9.17, 15) is 15.3 Å². The highest BCUT2D eigenvalue weighted by atomic mass is 32.1. The molecule has 0 amide bonds. The molecule has 0 fully saturated rings. The molecule has 0 spiro atoms. The van der Waals surface area contributed by atoms with E-state index in [2.05, 4.69) is 10.3 Å². The van der Waals surface area contributed by atoms with Crippen molar-refractivity contribution in [2.75, 3.05) is 12.4 Å². The van der Waals surface area contributed by atoms with Crippen LogP contribution in [0.2, 0.25) is 0 Å². The zero-order chi connectivity index (χ0) is 17.1. The number of benzene rings is 2. The molecule has 0 saturated heterocycles. The maximum Gasteiger partial charge on any atom is 0.182 e.